The molecule has 1 unspecified atom stereocenters. The van der Waals surface area contributed by atoms with Crippen LogP contribution in [-0.4, -0.2) is 53.8 Å². The molecule has 6 nitrogen and oxygen atoms in total. The van der Waals surface area contributed by atoms with Crippen LogP contribution in [0.5, 0.6) is 0 Å². The van der Waals surface area contributed by atoms with Crippen LogP contribution in [0.2, 0.25) is 0 Å². The van der Waals surface area contributed by atoms with Crippen molar-refractivity contribution in [3.8, 4) is 0 Å². The van der Waals surface area contributed by atoms with Crippen molar-refractivity contribution in [1.29, 1.82) is 0 Å². The van der Waals surface area contributed by atoms with Gasteiger partial charge in [0.1, 0.15) is 10.6 Å². The van der Waals surface area contributed by atoms with E-state index in [1.165, 1.54) is 5.56 Å². The van der Waals surface area contributed by atoms with Crippen molar-refractivity contribution in [1.82, 2.24) is 13.8 Å². The van der Waals surface area contributed by atoms with Gasteiger partial charge < -0.3 is 9.47 Å². The molecule has 162 valence electrons. The maximum Gasteiger partial charge on any atom is 0.270 e. The van der Waals surface area contributed by atoms with Gasteiger partial charge in [-0.25, -0.2) is 8.42 Å². The number of piperidine rings is 1. The van der Waals surface area contributed by atoms with Crippen molar-refractivity contribution in [2.24, 2.45) is 7.05 Å². The molecule has 30 heavy (non-hydrogen) atoms. The van der Waals surface area contributed by atoms with Crippen LogP contribution >= 0.6 is 0 Å². The second kappa shape index (κ2) is 8.94. The van der Waals surface area contributed by atoms with Crippen LogP contribution in [0.4, 0.5) is 0 Å². The molecular weight excluding hydrogens is 398 g/mol. The molecule has 0 radical (unpaired) electrons. The lowest BCUT2D eigenvalue weighted by Gasteiger charge is -2.25. The molecule has 2 aliphatic heterocycles. The summed E-state index contributed by atoms with van der Waals surface area (Å²) in [6.07, 6.45) is 8.33. The molecule has 2 aliphatic rings. The van der Waals surface area contributed by atoms with E-state index in [9.17, 15) is 13.2 Å². The third kappa shape index (κ3) is 4.32. The van der Waals surface area contributed by atoms with Crippen molar-refractivity contribution >= 4 is 15.9 Å². The first kappa shape index (κ1) is 21.1. The zero-order valence-corrected chi connectivity index (χ0v) is 18.5. The number of carbonyl (C=O) groups is 1. The normalized spacial score (nSPS) is 20.6. The van der Waals surface area contributed by atoms with Gasteiger partial charge in [0.05, 0.1) is 0 Å². The molecule has 1 atom stereocenters. The summed E-state index contributed by atoms with van der Waals surface area (Å²) in [7, 11) is -1.78. The van der Waals surface area contributed by atoms with Crippen molar-refractivity contribution in [2.75, 3.05) is 19.6 Å². The van der Waals surface area contributed by atoms with Gasteiger partial charge in [0.15, 0.2) is 0 Å². The van der Waals surface area contributed by atoms with E-state index in [4.69, 9.17) is 0 Å². The molecule has 1 aromatic heterocycles. The van der Waals surface area contributed by atoms with E-state index in [1.807, 2.05) is 23.1 Å². The van der Waals surface area contributed by atoms with Gasteiger partial charge in [-0.15, -0.1) is 0 Å². The number of nitrogens with zero attached hydrogens (tertiary/aromatic N) is 3. The van der Waals surface area contributed by atoms with Crippen molar-refractivity contribution in [2.45, 2.75) is 55.9 Å². The molecule has 2 saturated heterocycles. The predicted molar refractivity (Wildman–Crippen MR) is 117 cm³/mol. The average Bonchev–Trinajstić information content (AvgIpc) is 3.40. The summed E-state index contributed by atoms with van der Waals surface area (Å²) in [4.78, 5) is 15.5. The molecule has 0 spiro atoms. The maximum absolute atomic E-state index is 13.3. The standard InChI is InChI=1S/C23H31N3O3S/c1-24-18-21(30(28,29)25-14-6-3-7-15-25)17-22(24)23(27)26-16-8-11-20(26)13-12-19-9-4-2-5-10-19/h2,4-5,9-10,17-18,20H,3,6-8,11-16H2,1H3. The van der Waals surface area contributed by atoms with Gasteiger partial charge in [0.2, 0.25) is 10.0 Å². The Labute approximate surface area is 179 Å². The van der Waals surface area contributed by atoms with Crippen LogP contribution in [0.3, 0.4) is 0 Å². The van der Waals surface area contributed by atoms with Gasteiger partial charge in [-0.05, 0) is 50.2 Å². The highest BCUT2D eigenvalue weighted by atomic mass is 32.2. The lowest BCUT2D eigenvalue weighted by molar-refractivity contribution is 0.0721. The number of rotatable bonds is 6. The molecule has 2 aromatic rings. The molecule has 0 N–H and O–H groups in total. The average molecular weight is 430 g/mol. The summed E-state index contributed by atoms with van der Waals surface area (Å²) in [5.74, 6) is -0.0619. The highest BCUT2D eigenvalue weighted by Crippen LogP contribution is 2.27. The molecule has 7 heteroatoms. The summed E-state index contributed by atoms with van der Waals surface area (Å²) in [6.45, 7) is 1.86. The summed E-state index contributed by atoms with van der Waals surface area (Å²) >= 11 is 0. The Morgan fingerprint density at radius 2 is 1.77 bits per heavy atom. The molecule has 3 heterocycles. The molecule has 1 aromatic carbocycles. The monoisotopic (exact) mass is 429 g/mol. The Kier molecular flexibility index (Phi) is 6.29. The van der Waals surface area contributed by atoms with E-state index in [-0.39, 0.29) is 16.8 Å². The third-order valence-corrected chi connectivity index (χ3v) is 8.26. The highest BCUT2D eigenvalue weighted by Gasteiger charge is 2.33. The Morgan fingerprint density at radius 3 is 2.50 bits per heavy atom. The second-order valence-corrected chi connectivity index (χ2v) is 10.4. The van der Waals surface area contributed by atoms with Crippen LogP contribution < -0.4 is 0 Å². The molecular formula is C23H31N3O3S. The number of hydrogen-bond donors (Lipinski definition) is 0. The lowest BCUT2D eigenvalue weighted by atomic mass is 10.0. The highest BCUT2D eigenvalue weighted by molar-refractivity contribution is 7.89. The second-order valence-electron chi connectivity index (χ2n) is 8.46. The molecule has 2 fully saturated rings. The summed E-state index contributed by atoms with van der Waals surface area (Å²) in [5, 5.41) is 0. The van der Waals surface area contributed by atoms with Gasteiger partial charge in [-0.2, -0.15) is 4.31 Å². The first-order valence-corrected chi connectivity index (χ1v) is 12.4. The number of aryl methyl sites for hydroxylation is 2. The number of hydrogen-bond acceptors (Lipinski definition) is 3. The van der Waals surface area contributed by atoms with Crippen LogP contribution in [-0.2, 0) is 23.5 Å². The minimum Gasteiger partial charge on any atom is -0.345 e. The molecule has 0 saturated carbocycles. The fourth-order valence-corrected chi connectivity index (χ4v) is 6.26. The van der Waals surface area contributed by atoms with Gasteiger partial charge >= 0.3 is 0 Å². The van der Waals surface area contributed by atoms with Crippen molar-refractivity contribution < 1.29 is 13.2 Å². The van der Waals surface area contributed by atoms with Gasteiger partial charge in [-0.1, -0.05) is 36.8 Å². The van der Waals surface area contributed by atoms with Crippen molar-refractivity contribution in [3.63, 3.8) is 0 Å². The molecule has 1 amide bonds. The smallest absolute Gasteiger partial charge is 0.270 e. The van der Waals surface area contributed by atoms with E-state index >= 15 is 0 Å². The SMILES string of the molecule is Cn1cc(S(=O)(=O)N2CCCCC2)cc1C(=O)N1CCCC1CCc1ccccc1. The predicted octanol–water partition coefficient (Wildman–Crippen LogP) is 3.44. The van der Waals surface area contributed by atoms with E-state index < -0.39 is 10.0 Å². The fourth-order valence-electron chi connectivity index (χ4n) is 4.67. The minimum atomic E-state index is -3.54. The third-order valence-electron chi connectivity index (χ3n) is 6.40. The topological polar surface area (TPSA) is 62.6 Å². The number of likely N-dealkylation sites (tertiary alicyclic amines) is 1. The summed E-state index contributed by atoms with van der Waals surface area (Å²) in [5.41, 5.74) is 1.74. The Morgan fingerprint density at radius 1 is 1.03 bits per heavy atom. The van der Waals surface area contributed by atoms with Crippen LogP contribution in [0.1, 0.15) is 54.6 Å². The Bertz CT molecular complexity index is 978. The van der Waals surface area contributed by atoms with Crippen LogP contribution in [0, 0.1) is 0 Å². The molecule has 4 rings (SSSR count). The number of benzene rings is 1. The Hall–Kier alpha value is -2.12. The first-order chi connectivity index (χ1) is 14.5. The summed E-state index contributed by atoms with van der Waals surface area (Å²) < 4.78 is 29.2. The fraction of sp³-hybridized carbons (Fsp3) is 0.522. The van der Waals surface area contributed by atoms with Crippen LogP contribution in [0.25, 0.3) is 0 Å². The number of carbonyl (C=O) groups excluding carboxylic acids is 1. The number of sulfonamides is 1. The lowest BCUT2D eigenvalue weighted by Crippen LogP contribution is -2.36. The number of amides is 1. The largest absolute Gasteiger partial charge is 0.345 e. The van der Waals surface area contributed by atoms with Crippen LogP contribution in [0.15, 0.2) is 47.5 Å². The molecule has 0 aliphatic carbocycles. The zero-order valence-electron chi connectivity index (χ0n) is 17.7. The first-order valence-electron chi connectivity index (χ1n) is 11.0. The van der Waals surface area contributed by atoms with E-state index in [0.29, 0.717) is 18.8 Å². The zero-order chi connectivity index (χ0) is 21.1. The maximum atomic E-state index is 13.3. The van der Waals surface area contributed by atoms with Gasteiger partial charge in [0, 0.05) is 38.9 Å². The minimum absolute atomic E-state index is 0.0619. The molecule has 0 bridgehead atoms. The van der Waals surface area contributed by atoms with E-state index in [0.717, 1.165) is 51.5 Å². The Balaban J connectivity index is 1.48. The van der Waals surface area contributed by atoms with Crippen molar-refractivity contribution in [3.05, 3.63) is 53.9 Å². The summed E-state index contributed by atoms with van der Waals surface area (Å²) in [6, 6.07) is 12.1. The number of aromatic nitrogens is 1. The van der Waals surface area contributed by atoms with Gasteiger partial charge in [0.25, 0.3) is 5.91 Å². The quantitative estimate of drug-likeness (QED) is 0.707. The van der Waals surface area contributed by atoms with Gasteiger partial charge in [-0.3, -0.25) is 4.79 Å². The van der Waals surface area contributed by atoms with E-state index in [2.05, 4.69) is 12.1 Å². The van der Waals surface area contributed by atoms with E-state index in [1.54, 1.807) is 28.2 Å².